The number of halogens is 2. The van der Waals surface area contributed by atoms with Crippen molar-refractivity contribution in [1.29, 1.82) is 0 Å². The van der Waals surface area contributed by atoms with Crippen LogP contribution in [0.1, 0.15) is 52.9 Å². The molecule has 0 radical (unpaired) electrons. The maximum absolute atomic E-state index is 6.66. The number of oxazole rings is 2. The number of hydrogen-bond acceptors (Lipinski definition) is 6. The smallest absolute Gasteiger partial charge is 0.246 e. The van der Waals surface area contributed by atoms with Gasteiger partial charge in [-0.3, -0.25) is 0 Å². The van der Waals surface area contributed by atoms with Crippen LogP contribution in [0.3, 0.4) is 0 Å². The zero-order valence-electron chi connectivity index (χ0n) is 18.0. The van der Waals surface area contributed by atoms with Gasteiger partial charge >= 0.3 is 0 Å². The van der Waals surface area contributed by atoms with Crippen molar-refractivity contribution >= 4 is 28.9 Å². The van der Waals surface area contributed by atoms with E-state index in [0.717, 1.165) is 11.4 Å². The number of hydrogen-bond donors (Lipinski definition) is 0. The molecule has 6 nitrogen and oxygen atoms in total. The van der Waals surface area contributed by atoms with Crippen LogP contribution in [0.5, 0.6) is 0 Å². The summed E-state index contributed by atoms with van der Waals surface area (Å²) in [5.74, 6) is 0.645. The average Bonchev–Trinajstić information content (AvgIpc) is 3.23. The van der Waals surface area contributed by atoms with Crippen molar-refractivity contribution in [3.05, 3.63) is 34.0 Å². The van der Waals surface area contributed by atoms with E-state index in [0.29, 0.717) is 38.9 Å². The Morgan fingerprint density at radius 2 is 1.10 bits per heavy atom. The summed E-state index contributed by atoms with van der Waals surface area (Å²) in [5, 5.41) is 0.710. The monoisotopic (exact) mass is 436 g/mol. The van der Waals surface area contributed by atoms with Gasteiger partial charge in [-0.05, 0) is 0 Å². The first kappa shape index (κ1) is 21.7. The van der Waals surface area contributed by atoms with Crippen LogP contribution in [0.25, 0.3) is 23.2 Å². The molecule has 3 aromatic rings. The van der Waals surface area contributed by atoms with E-state index >= 15 is 0 Å². The van der Waals surface area contributed by atoms with Crippen LogP contribution >= 0.6 is 23.2 Å². The number of anilines is 1. The molecule has 0 N–H and O–H groups in total. The van der Waals surface area contributed by atoms with Gasteiger partial charge in [0.25, 0.3) is 0 Å². The fourth-order valence-corrected chi connectivity index (χ4v) is 3.48. The largest absolute Gasteiger partial charge is 0.443 e. The Morgan fingerprint density at radius 1 is 0.724 bits per heavy atom. The summed E-state index contributed by atoms with van der Waals surface area (Å²) in [6.07, 6.45) is 3.25. The van der Waals surface area contributed by atoms with Crippen LogP contribution in [0.4, 0.5) is 5.69 Å². The first-order chi connectivity index (χ1) is 13.3. The topological polar surface area (TPSA) is 68.2 Å². The second kappa shape index (κ2) is 7.33. The van der Waals surface area contributed by atoms with Gasteiger partial charge in [0.05, 0.1) is 27.1 Å². The van der Waals surface area contributed by atoms with Gasteiger partial charge in [-0.15, -0.1) is 0 Å². The molecule has 0 saturated heterocycles. The molecular formula is C21H26Cl2N4O2. The van der Waals surface area contributed by atoms with Gasteiger partial charge < -0.3 is 13.7 Å². The Labute approximate surface area is 181 Å². The highest BCUT2D eigenvalue weighted by atomic mass is 35.5. The quantitative estimate of drug-likeness (QED) is 0.475. The second-order valence-electron chi connectivity index (χ2n) is 9.26. The molecule has 0 saturated carbocycles. The molecule has 0 atom stereocenters. The zero-order valence-corrected chi connectivity index (χ0v) is 19.5. The summed E-state index contributed by atoms with van der Waals surface area (Å²) in [6, 6.07) is 0. The first-order valence-corrected chi connectivity index (χ1v) is 10.1. The van der Waals surface area contributed by atoms with Crippen LogP contribution in [0.15, 0.2) is 21.4 Å². The van der Waals surface area contributed by atoms with E-state index in [9.17, 15) is 0 Å². The maximum Gasteiger partial charge on any atom is 0.246 e. The molecule has 0 unspecified atom stereocenters. The molecule has 8 heteroatoms. The van der Waals surface area contributed by atoms with E-state index < -0.39 is 0 Å². The van der Waals surface area contributed by atoms with E-state index in [1.54, 1.807) is 12.5 Å². The lowest BCUT2D eigenvalue weighted by Crippen LogP contribution is -2.13. The molecule has 0 aromatic carbocycles. The third-order valence-electron chi connectivity index (χ3n) is 4.45. The molecule has 0 aliphatic rings. The lowest BCUT2D eigenvalue weighted by molar-refractivity contribution is 0.542. The van der Waals surface area contributed by atoms with Crippen molar-refractivity contribution in [1.82, 2.24) is 15.0 Å². The molecule has 0 fully saturated rings. The minimum absolute atomic E-state index is 0.169. The summed E-state index contributed by atoms with van der Waals surface area (Å²) in [7, 11) is 3.71. The third-order valence-corrected chi connectivity index (χ3v) is 5.17. The minimum Gasteiger partial charge on any atom is -0.443 e. The standard InChI is InChI=1S/C21H26Cl2N4O2/c1-20(2,3)11-9-28-18(24-11)15-13(22)17(27(7)8)14(23)16(26-15)19-25-12(10-29-19)21(4,5)6/h9-10H,1-8H3. The Kier molecular flexibility index (Phi) is 5.47. The fraction of sp³-hybridized carbons (Fsp3) is 0.476. The molecule has 156 valence electrons. The summed E-state index contributed by atoms with van der Waals surface area (Å²) in [6.45, 7) is 12.4. The van der Waals surface area contributed by atoms with Crippen molar-refractivity contribution in [2.45, 2.75) is 52.4 Å². The maximum atomic E-state index is 6.66. The predicted molar refractivity (Wildman–Crippen MR) is 117 cm³/mol. The Hall–Kier alpha value is -2.05. The molecule has 0 bridgehead atoms. The number of aromatic nitrogens is 3. The highest BCUT2D eigenvalue weighted by Crippen LogP contribution is 2.44. The number of nitrogens with zero attached hydrogens (tertiary/aromatic N) is 4. The van der Waals surface area contributed by atoms with Crippen LogP contribution in [0.2, 0.25) is 10.0 Å². The van der Waals surface area contributed by atoms with Crippen molar-refractivity contribution < 1.29 is 8.83 Å². The van der Waals surface area contributed by atoms with Gasteiger partial charge in [-0.1, -0.05) is 64.7 Å². The molecule has 29 heavy (non-hydrogen) atoms. The lowest BCUT2D eigenvalue weighted by Gasteiger charge is -2.19. The molecule has 3 rings (SSSR count). The molecular weight excluding hydrogens is 411 g/mol. The van der Waals surface area contributed by atoms with Gasteiger partial charge in [0, 0.05) is 24.9 Å². The molecule has 3 heterocycles. The van der Waals surface area contributed by atoms with Crippen LogP contribution in [0, 0.1) is 0 Å². The van der Waals surface area contributed by atoms with Crippen LogP contribution in [-0.4, -0.2) is 29.0 Å². The normalized spacial score (nSPS) is 12.5. The first-order valence-electron chi connectivity index (χ1n) is 9.29. The van der Waals surface area contributed by atoms with Gasteiger partial charge in [-0.25, -0.2) is 15.0 Å². The van der Waals surface area contributed by atoms with Crippen molar-refractivity contribution in [3.8, 4) is 23.2 Å². The Bertz CT molecular complexity index is 964. The number of rotatable bonds is 3. The van der Waals surface area contributed by atoms with Gasteiger partial charge in [0.1, 0.15) is 23.9 Å². The van der Waals surface area contributed by atoms with E-state index in [1.807, 2.05) is 19.0 Å². The average molecular weight is 437 g/mol. The predicted octanol–water partition coefficient (Wildman–Crippen LogP) is 6.36. The van der Waals surface area contributed by atoms with Crippen molar-refractivity contribution in [3.63, 3.8) is 0 Å². The third kappa shape index (κ3) is 4.14. The molecule has 3 aromatic heterocycles. The molecule has 0 aliphatic carbocycles. The lowest BCUT2D eigenvalue weighted by atomic mass is 9.93. The summed E-state index contributed by atoms with van der Waals surface area (Å²) in [5.41, 5.74) is 2.65. The SMILES string of the molecule is CN(C)c1c(Cl)c(-c2nc(C(C)(C)C)co2)nc(-c2nc(C(C)(C)C)co2)c1Cl. The Morgan fingerprint density at radius 3 is 1.38 bits per heavy atom. The van der Waals surface area contributed by atoms with Gasteiger partial charge in [0.15, 0.2) is 0 Å². The van der Waals surface area contributed by atoms with Crippen molar-refractivity contribution in [2.75, 3.05) is 19.0 Å². The van der Waals surface area contributed by atoms with Gasteiger partial charge in [-0.2, -0.15) is 0 Å². The van der Waals surface area contributed by atoms with Crippen molar-refractivity contribution in [2.24, 2.45) is 0 Å². The molecule has 0 aliphatic heterocycles. The molecule has 0 spiro atoms. The van der Waals surface area contributed by atoms with Crippen LogP contribution < -0.4 is 4.90 Å². The second-order valence-corrected chi connectivity index (χ2v) is 10.0. The summed E-state index contributed by atoms with van der Waals surface area (Å²) >= 11 is 13.3. The summed E-state index contributed by atoms with van der Waals surface area (Å²) < 4.78 is 11.4. The van der Waals surface area contributed by atoms with E-state index in [2.05, 4.69) is 56.5 Å². The van der Waals surface area contributed by atoms with E-state index in [-0.39, 0.29) is 10.8 Å². The van der Waals surface area contributed by atoms with Crippen LogP contribution in [-0.2, 0) is 10.8 Å². The molecule has 0 amide bonds. The van der Waals surface area contributed by atoms with Gasteiger partial charge in [0.2, 0.25) is 11.8 Å². The minimum atomic E-state index is -0.169. The zero-order chi connectivity index (χ0) is 21.7. The van der Waals surface area contributed by atoms with E-state index in [4.69, 9.17) is 32.0 Å². The Balaban J connectivity index is 2.23. The highest BCUT2D eigenvalue weighted by Gasteiger charge is 2.28. The fourth-order valence-electron chi connectivity index (χ4n) is 2.66. The van der Waals surface area contributed by atoms with E-state index in [1.165, 1.54) is 0 Å². The highest BCUT2D eigenvalue weighted by molar-refractivity contribution is 6.41. The number of pyridine rings is 1. The summed E-state index contributed by atoms with van der Waals surface area (Å²) in [4.78, 5) is 15.7.